The van der Waals surface area contributed by atoms with Crippen molar-refractivity contribution in [1.29, 1.82) is 0 Å². The van der Waals surface area contributed by atoms with Gasteiger partial charge in [-0.05, 0) is 79.6 Å². The number of halogens is 6. The van der Waals surface area contributed by atoms with E-state index < -0.39 is 34.6 Å². The smallest absolute Gasteiger partial charge is 0.418 e. The van der Waals surface area contributed by atoms with Gasteiger partial charge in [-0.2, -0.15) is 13.2 Å². The van der Waals surface area contributed by atoms with Crippen molar-refractivity contribution in [3.8, 4) is 28.5 Å². The normalized spacial score (nSPS) is 13.8. The SMILES string of the molecule is COc1ccc(CN(Cc2ccc(OC)cc2)c2cc(C)c(C(F)(F)F)c(-c3c(F)c4c5c(c3Cl)=NCNC=5N(CCN(C)C)C=C(Cl)O4)n2)cc1. The maximum absolute atomic E-state index is 17.0. The van der Waals surface area contributed by atoms with Crippen molar-refractivity contribution in [2.75, 3.05) is 53.0 Å². The van der Waals surface area contributed by atoms with Crippen LogP contribution >= 0.6 is 23.2 Å². The summed E-state index contributed by atoms with van der Waals surface area (Å²) < 4.78 is 78.4. The van der Waals surface area contributed by atoms with Crippen LogP contribution in [0.2, 0.25) is 5.02 Å². The fourth-order valence-electron chi connectivity index (χ4n) is 6.13. The molecule has 0 bridgehead atoms. The highest BCUT2D eigenvalue weighted by Gasteiger charge is 2.40. The van der Waals surface area contributed by atoms with Gasteiger partial charge in [-0.15, -0.1) is 0 Å². The number of aromatic nitrogens is 1. The molecule has 0 saturated carbocycles. The monoisotopic (exact) mass is 758 g/mol. The number of pyridine rings is 1. The van der Waals surface area contributed by atoms with Crippen LogP contribution in [0.5, 0.6) is 17.2 Å². The van der Waals surface area contributed by atoms with Crippen molar-refractivity contribution >= 4 is 34.8 Å². The van der Waals surface area contributed by atoms with Gasteiger partial charge in [0.05, 0.1) is 52.8 Å². The van der Waals surface area contributed by atoms with Gasteiger partial charge in [0.2, 0.25) is 5.22 Å². The molecule has 9 nitrogen and oxygen atoms in total. The summed E-state index contributed by atoms with van der Waals surface area (Å²) in [7, 11) is 6.90. The maximum Gasteiger partial charge on any atom is 0.418 e. The van der Waals surface area contributed by atoms with E-state index in [2.05, 4.69) is 15.3 Å². The highest BCUT2D eigenvalue weighted by Crippen LogP contribution is 2.44. The summed E-state index contributed by atoms with van der Waals surface area (Å²) in [6.45, 7) is 2.83. The fourth-order valence-corrected chi connectivity index (χ4v) is 6.65. The number of nitrogens with zero attached hydrogens (tertiary/aromatic N) is 5. The van der Waals surface area contributed by atoms with E-state index in [-0.39, 0.29) is 52.0 Å². The number of alkyl halides is 3. The minimum Gasteiger partial charge on any atom is -0.497 e. The van der Waals surface area contributed by atoms with Crippen LogP contribution in [0, 0.1) is 12.7 Å². The van der Waals surface area contributed by atoms with E-state index in [1.165, 1.54) is 19.2 Å². The standard InChI is InChI=1S/C37H36Cl2F4N6O3/c1-21-16-27(49(17-22-6-10-24(50-4)11-7-22)18-23-8-12-25(51-5)13-9-23)46-33(30(21)37(41,42)43)28-31(39)34-29-35(32(28)40)52-26(38)19-48(15-14-47(2)3)36(29)45-20-44-34/h6-13,16,19,45H,14-15,17-18,20H2,1-5H3. The molecule has 6 rings (SSSR count). The predicted molar refractivity (Wildman–Crippen MR) is 192 cm³/mol. The maximum atomic E-state index is 17.0. The van der Waals surface area contributed by atoms with Crippen molar-refractivity contribution in [2.24, 2.45) is 4.99 Å². The molecule has 52 heavy (non-hydrogen) atoms. The zero-order valence-corrected chi connectivity index (χ0v) is 30.5. The molecule has 1 aromatic heterocycles. The first-order chi connectivity index (χ1) is 24.8. The van der Waals surface area contributed by atoms with Gasteiger partial charge in [-0.3, -0.25) is 4.99 Å². The lowest BCUT2D eigenvalue weighted by atomic mass is 9.98. The van der Waals surface area contributed by atoms with E-state index in [1.54, 1.807) is 48.3 Å². The van der Waals surface area contributed by atoms with Gasteiger partial charge in [0, 0.05) is 26.2 Å². The Morgan fingerprint density at radius 3 is 2.10 bits per heavy atom. The van der Waals surface area contributed by atoms with E-state index in [9.17, 15) is 13.2 Å². The van der Waals surface area contributed by atoms with E-state index in [0.717, 1.165) is 11.1 Å². The number of likely N-dealkylation sites (N-methyl/N-ethyl adjacent to an activating group) is 1. The third-order valence-electron chi connectivity index (χ3n) is 8.68. The van der Waals surface area contributed by atoms with Gasteiger partial charge in [0.25, 0.3) is 0 Å². The average Bonchev–Trinajstić information content (AvgIpc) is 3.25. The van der Waals surface area contributed by atoms with E-state index >= 15 is 4.39 Å². The third kappa shape index (κ3) is 7.57. The van der Waals surface area contributed by atoms with Crippen LogP contribution < -0.4 is 35.0 Å². The number of ether oxygens (including phenoxy) is 3. The largest absolute Gasteiger partial charge is 0.497 e. The molecule has 0 radical (unpaired) electrons. The minimum absolute atomic E-state index is 0.0204. The second-order valence-corrected chi connectivity index (χ2v) is 13.3. The number of hydrogen-bond donors (Lipinski definition) is 1. The van der Waals surface area contributed by atoms with Crippen LogP contribution in [0.25, 0.3) is 17.1 Å². The highest BCUT2D eigenvalue weighted by molar-refractivity contribution is 6.33. The molecule has 0 saturated heterocycles. The lowest BCUT2D eigenvalue weighted by molar-refractivity contribution is -0.137. The summed E-state index contributed by atoms with van der Waals surface area (Å²) in [5.74, 6) is 0.280. The van der Waals surface area contributed by atoms with Crippen LogP contribution in [-0.2, 0) is 19.3 Å². The summed E-state index contributed by atoms with van der Waals surface area (Å²) in [5.41, 5.74) is -0.961. The van der Waals surface area contributed by atoms with E-state index in [1.807, 2.05) is 43.3 Å². The van der Waals surface area contributed by atoms with Crippen molar-refractivity contribution < 1.29 is 31.8 Å². The molecule has 0 fully saturated rings. The molecule has 0 amide bonds. The topological polar surface area (TPSA) is 74.7 Å². The molecule has 1 N–H and O–H groups in total. The first-order valence-corrected chi connectivity index (χ1v) is 16.9. The molecular formula is C37H36Cl2F4N6O3. The van der Waals surface area contributed by atoms with Gasteiger partial charge in [-0.25, -0.2) is 9.37 Å². The zero-order chi connectivity index (χ0) is 37.3. The van der Waals surface area contributed by atoms with Crippen molar-refractivity contribution in [1.82, 2.24) is 20.1 Å². The van der Waals surface area contributed by atoms with Crippen molar-refractivity contribution in [3.63, 3.8) is 0 Å². The van der Waals surface area contributed by atoms with Gasteiger partial charge in [0.1, 0.15) is 29.8 Å². The van der Waals surface area contributed by atoms with E-state index in [4.69, 9.17) is 37.4 Å². The van der Waals surface area contributed by atoms with Crippen LogP contribution in [0.4, 0.5) is 23.4 Å². The van der Waals surface area contributed by atoms with Crippen molar-refractivity contribution in [2.45, 2.75) is 26.2 Å². The molecule has 3 aromatic carbocycles. The second kappa shape index (κ2) is 15.1. The quantitative estimate of drug-likeness (QED) is 0.171. The lowest BCUT2D eigenvalue weighted by Gasteiger charge is -2.28. The zero-order valence-electron chi connectivity index (χ0n) is 29.0. The summed E-state index contributed by atoms with van der Waals surface area (Å²) in [6, 6.07) is 15.9. The molecule has 274 valence electrons. The Balaban J connectivity index is 1.57. The number of benzene rings is 3. The Labute approximate surface area is 308 Å². The first kappa shape index (κ1) is 37.1. The fraction of sp³-hybridized carbons (Fsp3) is 0.297. The molecule has 0 unspecified atom stereocenters. The average molecular weight is 760 g/mol. The number of methoxy groups -OCH3 is 2. The van der Waals surface area contributed by atoms with Crippen LogP contribution in [0.3, 0.4) is 0 Å². The Morgan fingerprint density at radius 1 is 0.962 bits per heavy atom. The van der Waals surface area contributed by atoms with Gasteiger partial charge in [-0.1, -0.05) is 35.9 Å². The Hall–Kier alpha value is -4.72. The van der Waals surface area contributed by atoms with Crippen LogP contribution in [-0.4, -0.2) is 62.9 Å². The molecular weight excluding hydrogens is 723 g/mol. The lowest BCUT2D eigenvalue weighted by Crippen LogP contribution is -2.45. The molecule has 3 heterocycles. The van der Waals surface area contributed by atoms with Gasteiger partial charge in [0.15, 0.2) is 11.6 Å². The number of nitrogens with one attached hydrogen (secondary N) is 1. The third-order valence-corrected chi connectivity index (χ3v) is 9.22. The number of anilines is 1. The van der Waals surface area contributed by atoms with Crippen LogP contribution in [0.15, 0.2) is 71.0 Å². The number of hydrogen-bond acceptors (Lipinski definition) is 9. The van der Waals surface area contributed by atoms with Crippen molar-refractivity contribution in [3.05, 3.63) is 110 Å². The molecule has 0 spiro atoms. The summed E-state index contributed by atoms with van der Waals surface area (Å²) in [4.78, 5) is 14.5. The first-order valence-electron chi connectivity index (χ1n) is 16.2. The highest BCUT2D eigenvalue weighted by atomic mass is 35.5. The molecule has 4 aromatic rings. The summed E-state index contributed by atoms with van der Waals surface area (Å²) in [5, 5.41) is 2.79. The molecule has 0 atom stereocenters. The van der Waals surface area contributed by atoms with Gasteiger partial charge >= 0.3 is 6.18 Å². The Morgan fingerprint density at radius 2 is 1.56 bits per heavy atom. The Kier molecular flexibility index (Phi) is 10.8. The summed E-state index contributed by atoms with van der Waals surface area (Å²) in [6.07, 6.45) is -3.45. The molecule has 2 aliphatic heterocycles. The molecule has 0 aliphatic carbocycles. The molecule has 2 aliphatic rings. The Bertz CT molecular complexity index is 2080. The second-order valence-electron chi connectivity index (χ2n) is 12.5. The van der Waals surface area contributed by atoms with Gasteiger partial charge < -0.3 is 34.2 Å². The summed E-state index contributed by atoms with van der Waals surface area (Å²) >= 11 is 13.4. The van der Waals surface area contributed by atoms with Crippen LogP contribution in [0.1, 0.15) is 22.3 Å². The van der Waals surface area contributed by atoms with E-state index in [0.29, 0.717) is 30.4 Å². The minimum atomic E-state index is -4.93. The number of aryl methyl sites for hydroxylation is 1. The molecule has 15 heteroatoms. The number of rotatable bonds is 11. The predicted octanol–water partition coefficient (Wildman–Crippen LogP) is 6.63.